The Hall–Kier alpha value is -1.27. The molecule has 0 amide bonds. The maximum absolute atomic E-state index is 10.3. The van der Waals surface area contributed by atoms with Crippen molar-refractivity contribution < 1.29 is 17.2 Å². The molecule has 0 fully saturated rings. The van der Waals surface area contributed by atoms with Gasteiger partial charge in [-0.05, 0) is 18.6 Å². The monoisotopic (exact) mass is 203 g/mol. The van der Waals surface area contributed by atoms with Gasteiger partial charge in [-0.1, -0.05) is 12.1 Å². The Bertz CT molecular complexity index is 413. The minimum atomic E-state index is -4.50. The molecule has 0 aliphatic carbocycles. The SMILES string of the molecule is Cc1cccc(OS(=O)(=O)O)c1N. The van der Waals surface area contributed by atoms with Gasteiger partial charge in [0.15, 0.2) is 5.75 Å². The van der Waals surface area contributed by atoms with Crippen molar-refractivity contribution in [2.75, 3.05) is 5.73 Å². The van der Waals surface area contributed by atoms with Crippen LogP contribution in [0.2, 0.25) is 0 Å². The van der Waals surface area contributed by atoms with Gasteiger partial charge in [0.25, 0.3) is 0 Å². The topological polar surface area (TPSA) is 89.6 Å². The molecule has 0 aliphatic rings. The normalized spacial score (nSPS) is 11.2. The van der Waals surface area contributed by atoms with Gasteiger partial charge in [-0.25, -0.2) is 0 Å². The van der Waals surface area contributed by atoms with E-state index >= 15 is 0 Å². The van der Waals surface area contributed by atoms with E-state index in [-0.39, 0.29) is 11.4 Å². The molecule has 1 aromatic carbocycles. The van der Waals surface area contributed by atoms with Crippen molar-refractivity contribution in [2.45, 2.75) is 6.92 Å². The Labute approximate surface area is 76.1 Å². The summed E-state index contributed by atoms with van der Waals surface area (Å²) in [5.41, 5.74) is 6.37. The summed E-state index contributed by atoms with van der Waals surface area (Å²) in [5.74, 6) is -0.0671. The average molecular weight is 203 g/mol. The van der Waals surface area contributed by atoms with E-state index < -0.39 is 10.4 Å². The summed E-state index contributed by atoms with van der Waals surface area (Å²) in [6.45, 7) is 1.70. The highest BCUT2D eigenvalue weighted by atomic mass is 32.3. The number of nitrogen functional groups attached to an aromatic ring is 1. The molecule has 1 aromatic rings. The fourth-order valence-electron chi connectivity index (χ4n) is 0.840. The zero-order valence-corrected chi connectivity index (χ0v) is 7.71. The van der Waals surface area contributed by atoms with Gasteiger partial charge in [0.2, 0.25) is 0 Å². The van der Waals surface area contributed by atoms with Gasteiger partial charge in [-0.2, -0.15) is 8.42 Å². The lowest BCUT2D eigenvalue weighted by Crippen LogP contribution is -2.08. The lowest BCUT2D eigenvalue weighted by molar-refractivity contribution is 0.387. The molecule has 1 rings (SSSR count). The second kappa shape index (κ2) is 3.23. The van der Waals surface area contributed by atoms with Crippen LogP contribution in [-0.4, -0.2) is 13.0 Å². The van der Waals surface area contributed by atoms with Crippen molar-refractivity contribution >= 4 is 16.1 Å². The third kappa shape index (κ3) is 2.60. The van der Waals surface area contributed by atoms with Gasteiger partial charge in [-0.15, -0.1) is 0 Å². The van der Waals surface area contributed by atoms with E-state index in [4.69, 9.17) is 10.3 Å². The molecule has 5 nitrogen and oxygen atoms in total. The number of para-hydroxylation sites is 1. The molecule has 0 bridgehead atoms. The first-order valence-electron chi connectivity index (χ1n) is 3.42. The van der Waals surface area contributed by atoms with Crippen molar-refractivity contribution in [1.82, 2.24) is 0 Å². The van der Waals surface area contributed by atoms with Crippen molar-refractivity contribution in [3.05, 3.63) is 23.8 Å². The maximum atomic E-state index is 10.3. The molecule has 0 heterocycles. The van der Waals surface area contributed by atoms with Crippen LogP contribution >= 0.6 is 0 Å². The fourth-order valence-corrected chi connectivity index (χ4v) is 1.21. The van der Waals surface area contributed by atoms with Crippen molar-refractivity contribution in [2.24, 2.45) is 0 Å². The van der Waals surface area contributed by atoms with Gasteiger partial charge < -0.3 is 9.92 Å². The number of nitrogens with two attached hydrogens (primary N) is 1. The van der Waals surface area contributed by atoms with Crippen LogP contribution in [0.3, 0.4) is 0 Å². The summed E-state index contributed by atoms with van der Waals surface area (Å²) in [6.07, 6.45) is 0. The van der Waals surface area contributed by atoms with Gasteiger partial charge >= 0.3 is 10.4 Å². The summed E-state index contributed by atoms with van der Waals surface area (Å²) >= 11 is 0. The Kier molecular flexibility index (Phi) is 2.44. The van der Waals surface area contributed by atoms with Gasteiger partial charge in [0.1, 0.15) is 0 Å². The van der Waals surface area contributed by atoms with Crippen LogP contribution in [0.15, 0.2) is 18.2 Å². The smallest absolute Gasteiger partial charge is 0.395 e. The largest absolute Gasteiger partial charge is 0.446 e. The second-order valence-corrected chi connectivity index (χ2v) is 3.52. The predicted molar refractivity (Wildman–Crippen MR) is 47.8 cm³/mol. The van der Waals surface area contributed by atoms with Crippen molar-refractivity contribution in [3.8, 4) is 5.75 Å². The first-order valence-corrected chi connectivity index (χ1v) is 4.78. The number of hydrogen-bond donors (Lipinski definition) is 2. The van der Waals surface area contributed by atoms with E-state index in [9.17, 15) is 8.42 Å². The highest BCUT2D eigenvalue weighted by Crippen LogP contribution is 2.25. The summed E-state index contributed by atoms with van der Waals surface area (Å²) in [7, 11) is -4.50. The standard InChI is InChI=1S/C7H9NO4S/c1-5-3-2-4-6(7(5)8)12-13(9,10)11/h2-4H,8H2,1H3,(H,9,10,11). The van der Waals surface area contributed by atoms with E-state index in [0.29, 0.717) is 5.56 Å². The number of anilines is 1. The Balaban J connectivity index is 3.10. The molecule has 0 spiro atoms. The van der Waals surface area contributed by atoms with E-state index in [1.807, 2.05) is 0 Å². The molecule has 6 heteroatoms. The van der Waals surface area contributed by atoms with E-state index in [1.165, 1.54) is 6.07 Å². The minimum absolute atomic E-state index is 0.0671. The number of aryl methyl sites for hydroxylation is 1. The highest BCUT2D eigenvalue weighted by Gasteiger charge is 2.10. The van der Waals surface area contributed by atoms with Crippen molar-refractivity contribution in [1.29, 1.82) is 0 Å². The summed E-state index contributed by atoms with van der Waals surface area (Å²) in [4.78, 5) is 0. The molecule has 0 unspecified atom stereocenters. The zero-order chi connectivity index (χ0) is 10.1. The maximum Gasteiger partial charge on any atom is 0.446 e. The van der Waals surface area contributed by atoms with Crippen molar-refractivity contribution in [3.63, 3.8) is 0 Å². The molecule has 3 N–H and O–H groups in total. The molecule has 0 radical (unpaired) electrons. The molecule has 0 saturated carbocycles. The Morgan fingerprint density at radius 2 is 2.08 bits per heavy atom. The number of rotatable bonds is 2. The van der Waals surface area contributed by atoms with Gasteiger partial charge in [0.05, 0.1) is 5.69 Å². The number of hydrogen-bond acceptors (Lipinski definition) is 4. The molecule has 72 valence electrons. The molecule has 0 atom stereocenters. The van der Waals surface area contributed by atoms with Gasteiger partial charge in [-0.3, -0.25) is 4.55 Å². The van der Waals surface area contributed by atoms with Gasteiger partial charge in [0, 0.05) is 0 Å². The second-order valence-electron chi connectivity index (χ2n) is 2.50. The number of benzene rings is 1. The third-order valence-corrected chi connectivity index (χ3v) is 1.87. The average Bonchev–Trinajstić information content (AvgIpc) is 1.96. The zero-order valence-electron chi connectivity index (χ0n) is 6.89. The van der Waals surface area contributed by atoms with Crippen LogP contribution in [0.4, 0.5) is 5.69 Å². The van der Waals surface area contributed by atoms with Crippen LogP contribution in [0, 0.1) is 6.92 Å². The van der Waals surface area contributed by atoms with Crippen LogP contribution in [0.25, 0.3) is 0 Å². The lowest BCUT2D eigenvalue weighted by atomic mass is 10.2. The molecular weight excluding hydrogens is 194 g/mol. The van der Waals surface area contributed by atoms with E-state index in [1.54, 1.807) is 19.1 Å². The minimum Gasteiger partial charge on any atom is -0.395 e. The Morgan fingerprint density at radius 3 is 2.62 bits per heavy atom. The van der Waals surface area contributed by atoms with E-state index in [2.05, 4.69) is 4.18 Å². The molecule has 0 aliphatic heterocycles. The first kappa shape index (κ1) is 9.82. The van der Waals surface area contributed by atoms with E-state index in [0.717, 1.165) is 0 Å². The predicted octanol–water partition coefficient (Wildman–Crippen LogP) is 0.759. The molecule has 0 aromatic heterocycles. The fraction of sp³-hybridized carbons (Fsp3) is 0.143. The molecule has 0 saturated heterocycles. The summed E-state index contributed by atoms with van der Waals surface area (Å²) in [5, 5.41) is 0. The molecule has 13 heavy (non-hydrogen) atoms. The Morgan fingerprint density at radius 1 is 1.46 bits per heavy atom. The summed E-state index contributed by atoms with van der Waals surface area (Å²) < 4.78 is 33.3. The van der Waals surface area contributed by atoms with Crippen LogP contribution in [0.1, 0.15) is 5.56 Å². The third-order valence-electron chi connectivity index (χ3n) is 1.48. The van der Waals surface area contributed by atoms with Crippen LogP contribution < -0.4 is 9.92 Å². The van der Waals surface area contributed by atoms with Crippen LogP contribution in [0.5, 0.6) is 5.75 Å². The first-order chi connectivity index (χ1) is 5.90. The molecular formula is C7H9NO4S. The summed E-state index contributed by atoms with van der Waals surface area (Å²) in [6, 6.07) is 4.63. The highest BCUT2D eigenvalue weighted by molar-refractivity contribution is 7.81. The quantitative estimate of drug-likeness (QED) is 0.547. The van der Waals surface area contributed by atoms with Crippen LogP contribution in [-0.2, 0) is 10.4 Å². The lowest BCUT2D eigenvalue weighted by Gasteiger charge is -2.06.